The average Bonchev–Trinajstić information content (AvgIpc) is 2.32. The zero-order valence-corrected chi connectivity index (χ0v) is 10.9. The molecule has 1 aromatic heterocycles. The Morgan fingerprint density at radius 1 is 1.06 bits per heavy atom. The predicted octanol–water partition coefficient (Wildman–Crippen LogP) is 4.22. The second-order valence-corrected chi connectivity index (χ2v) is 4.82. The largest absolute Gasteiger partial charge is 0.261 e. The van der Waals surface area contributed by atoms with Crippen LogP contribution in [0, 0.1) is 13.8 Å². The van der Waals surface area contributed by atoms with Crippen molar-refractivity contribution in [3.8, 4) is 0 Å². The standard InChI is InChI=1S/C15H16ClN/c1-11-6-3-4-8-13(11)14(16)10-15-12(2)7-5-9-17-15/h3-9,14H,10H2,1-2H3. The van der Waals surface area contributed by atoms with E-state index in [1.807, 2.05) is 24.4 Å². The van der Waals surface area contributed by atoms with Gasteiger partial charge in [-0.15, -0.1) is 11.6 Å². The maximum atomic E-state index is 6.48. The summed E-state index contributed by atoms with van der Waals surface area (Å²) in [6.45, 7) is 4.17. The van der Waals surface area contributed by atoms with Gasteiger partial charge in [0.25, 0.3) is 0 Å². The predicted molar refractivity (Wildman–Crippen MR) is 72.5 cm³/mol. The van der Waals surface area contributed by atoms with Crippen LogP contribution >= 0.6 is 11.6 Å². The van der Waals surface area contributed by atoms with E-state index < -0.39 is 0 Å². The van der Waals surface area contributed by atoms with Crippen LogP contribution in [0.1, 0.15) is 27.8 Å². The molecule has 2 aromatic rings. The Morgan fingerprint density at radius 2 is 1.76 bits per heavy atom. The molecule has 0 aliphatic carbocycles. The van der Waals surface area contributed by atoms with Crippen LogP contribution in [0.5, 0.6) is 0 Å². The Morgan fingerprint density at radius 3 is 2.47 bits per heavy atom. The highest BCUT2D eigenvalue weighted by Crippen LogP contribution is 2.27. The quantitative estimate of drug-likeness (QED) is 0.738. The molecule has 1 unspecified atom stereocenters. The first-order valence-electron chi connectivity index (χ1n) is 5.78. The lowest BCUT2D eigenvalue weighted by molar-refractivity contribution is 0.863. The van der Waals surface area contributed by atoms with E-state index in [9.17, 15) is 0 Å². The van der Waals surface area contributed by atoms with Crippen molar-refractivity contribution in [3.63, 3.8) is 0 Å². The molecule has 0 bridgehead atoms. The number of aromatic nitrogens is 1. The first kappa shape index (κ1) is 12.1. The Labute approximate surface area is 107 Å². The lowest BCUT2D eigenvalue weighted by Gasteiger charge is -2.13. The van der Waals surface area contributed by atoms with Crippen molar-refractivity contribution < 1.29 is 0 Å². The fraction of sp³-hybridized carbons (Fsp3) is 0.267. The molecule has 0 fully saturated rings. The summed E-state index contributed by atoms with van der Waals surface area (Å²) in [6.07, 6.45) is 2.60. The summed E-state index contributed by atoms with van der Waals surface area (Å²) in [6, 6.07) is 12.3. The van der Waals surface area contributed by atoms with E-state index in [1.165, 1.54) is 16.7 Å². The summed E-state index contributed by atoms with van der Waals surface area (Å²) in [5, 5.41) is -0.00944. The van der Waals surface area contributed by atoms with Crippen molar-refractivity contribution in [1.82, 2.24) is 4.98 Å². The van der Waals surface area contributed by atoms with E-state index in [0.29, 0.717) is 0 Å². The second kappa shape index (κ2) is 5.33. The molecule has 1 nitrogen and oxygen atoms in total. The molecule has 2 heteroatoms. The van der Waals surface area contributed by atoms with Crippen LogP contribution in [-0.4, -0.2) is 4.98 Å². The summed E-state index contributed by atoms with van der Waals surface area (Å²) in [4.78, 5) is 4.39. The van der Waals surface area contributed by atoms with Gasteiger partial charge in [0.2, 0.25) is 0 Å². The van der Waals surface area contributed by atoms with E-state index >= 15 is 0 Å². The van der Waals surface area contributed by atoms with Gasteiger partial charge in [0.1, 0.15) is 0 Å². The normalized spacial score (nSPS) is 12.4. The topological polar surface area (TPSA) is 12.9 Å². The number of alkyl halides is 1. The third-order valence-corrected chi connectivity index (χ3v) is 3.41. The maximum absolute atomic E-state index is 6.48. The Hall–Kier alpha value is -1.34. The number of aryl methyl sites for hydroxylation is 2. The van der Waals surface area contributed by atoms with E-state index in [4.69, 9.17) is 11.6 Å². The van der Waals surface area contributed by atoms with Gasteiger partial charge in [-0.1, -0.05) is 30.3 Å². The van der Waals surface area contributed by atoms with Crippen LogP contribution in [0.3, 0.4) is 0 Å². The van der Waals surface area contributed by atoms with Gasteiger partial charge in [0.15, 0.2) is 0 Å². The third kappa shape index (κ3) is 2.86. The van der Waals surface area contributed by atoms with E-state index in [-0.39, 0.29) is 5.38 Å². The van der Waals surface area contributed by atoms with Gasteiger partial charge in [0.05, 0.1) is 5.38 Å². The van der Waals surface area contributed by atoms with Crippen molar-refractivity contribution in [2.75, 3.05) is 0 Å². The molecule has 88 valence electrons. The highest BCUT2D eigenvalue weighted by molar-refractivity contribution is 6.21. The number of nitrogens with zero attached hydrogens (tertiary/aromatic N) is 1. The van der Waals surface area contributed by atoms with Gasteiger partial charge >= 0.3 is 0 Å². The highest BCUT2D eigenvalue weighted by atomic mass is 35.5. The van der Waals surface area contributed by atoms with Gasteiger partial charge in [-0.05, 0) is 36.6 Å². The SMILES string of the molecule is Cc1ccccc1C(Cl)Cc1ncccc1C. The average molecular weight is 246 g/mol. The third-order valence-electron chi connectivity index (χ3n) is 3.02. The minimum atomic E-state index is -0.00944. The van der Waals surface area contributed by atoms with E-state index in [2.05, 4.69) is 37.0 Å². The van der Waals surface area contributed by atoms with Crippen molar-refractivity contribution in [3.05, 3.63) is 65.0 Å². The molecule has 0 saturated carbocycles. The van der Waals surface area contributed by atoms with Crippen LogP contribution in [-0.2, 0) is 6.42 Å². The monoisotopic (exact) mass is 245 g/mol. The number of rotatable bonds is 3. The molecular formula is C15H16ClN. The molecular weight excluding hydrogens is 230 g/mol. The van der Waals surface area contributed by atoms with Crippen LogP contribution in [0.2, 0.25) is 0 Å². The minimum Gasteiger partial charge on any atom is -0.261 e. The molecule has 17 heavy (non-hydrogen) atoms. The molecule has 1 atom stereocenters. The fourth-order valence-electron chi connectivity index (χ4n) is 1.95. The maximum Gasteiger partial charge on any atom is 0.0643 e. The molecule has 0 radical (unpaired) electrons. The van der Waals surface area contributed by atoms with Crippen molar-refractivity contribution in [1.29, 1.82) is 0 Å². The van der Waals surface area contributed by atoms with E-state index in [1.54, 1.807) is 0 Å². The minimum absolute atomic E-state index is 0.00944. The molecule has 0 amide bonds. The van der Waals surface area contributed by atoms with Crippen LogP contribution in [0.4, 0.5) is 0 Å². The van der Waals surface area contributed by atoms with Crippen molar-refractivity contribution in [2.45, 2.75) is 25.6 Å². The lowest BCUT2D eigenvalue weighted by atomic mass is 10.0. The Bertz CT molecular complexity index is 508. The smallest absolute Gasteiger partial charge is 0.0643 e. The van der Waals surface area contributed by atoms with Gasteiger partial charge in [0, 0.05) is 18.3 Å². The zero-order chi connectivity index (χ0) is 12.3. The van der Waals surface area contributed by atoms with Gasteiger partial charge in [-0.2, -0.15) is 0 Å². The fourth-order valence-corrected chi connectivity index (χ4v) is 2.34. The summed E-state index contributed by atoms with van der Waals surface area (Å²) in [5.74, 6) is 0. The number of pyridine rings is 1. The molecule has 0 spiro atoms. The summed E-state index contributed by atoms with van der Waals surface area (Å²) >= 11 is 6.48. The van der Waals surface area contributed by atoms with Crippen LogP contribution in [0.15, 0.2) is 42.6 Å². The highest BCUT2D eigenvalue weighted by Gasteiger charge is 2.12. The Balaban J connectivity index is 2.20. The van der Waals surface area contributed by atoms with Gasteiger partial charge in [-0.25, -0.2) is 0 Å². The lowest BCUT2D eigenvalue weighted by Crippen LogP contribution is -2.01. The molecule has 0 aliphatic heterocycles. The summed E-state index contributed by atoms with van der Waals surface area (Å²) in [7, 11) is 0. The molecule has 0 aliphatic rings. The first-order chi connectivity index (χ1) is 8.18. The van der Waals surface area contributed by atoms with Crippen molar-refractivity contribution >= 4 is 11.6 Å². The first-order valence-corrected chi connectivity index (χ1v) is 6.22. The van der Waals surface area contributed by atoms with Gasteiger partial charge < -0.3 is 0 Å². The number of hydrogen-bond donors (Lipinski definition) is 0. The Kier molecular flexibility index (Phi) is 3.80. The van der Waals surface area contributed by atoms with Crippen molar-refractivity contribution in [2.24, 2.45) is 0 Å². The zero-order valence-electron chi connectivity index (χ0n) is 10.2. The molecule has 0 saturated heterocycles. The molecule has 1 heterocycles. The van der Waals surface area contributed by atoms with Crippen LogP contribution in [0.25, 0.3) is 0 Å². The summed E-state index contributed by atoms with van der Waals surface area (Å²) < 4.78 is 0. The molecule has 2 rings (SSSR count). The molecule has 0 N–H and O–H groups in total. The van der Waals surface area contributed by atoms with Crippen LogP contribution < -0.4 is 0 Å². The summed E-state index contributed by atoms with van der Waals surface area (Å²) in [5.41, 5.74) is 4.71. The van der Waals surface area contributed by atoms with Gasteiger partial charge in [-0.3, -0.25) is 4.98 Å². The number of hydrogen-bond acceptors (Lipinski definition) is 1. The molecule has 1 aromatic carbocycles. The number of benzene rings is 1. The second-order valence-electron chi connectivity index (χ2n) is 4.30. The van der Waals surface area contributed by atoms with E-state index in [0.717, 1.165) is 12.1 Å². The number of halogens is 1.